The smallest absolute Gasteiger partial charge is 0.223 e. The van der Waals surface area contributed by atoms with Crippen LogP contribution in [0.1, 0.15) is 17.9 Å². The Balaban J connectivity index is 1.52. The number of carbonyl (C=O) groups is 1. The molecule has 84 valence electrons. The Bertz CT molecular complexity index is 386. The van der Waals surface area contributed by atoms with Gasteiger partial charge >= 0.3 is 0 Å². The van der Waals surface area contributed by atoms with Gasteiger partial charge in [0.1, 0.15) is 0 Å². The number of epoxide rings is 1. The van der Waals surface area contributed by atoms with Crippen molar-refractivity contribution >= 4 is 5.91 Å². The predicted molar refractivity (Wildman–Crippen MR) is 60.0 cm³/mol. The topological polar surface area (TPSA) is 41.6 Å². The Morgan fingerprint density at radius 3 is 2.81 bits per heavy atom. The van der Waals surface area contributed by atoms with Crippen LogP contribution in [0, 0.1) is 5.92 Å². The van der Waals surface area contributed by atoms with E-state index < -0.39 is 0 Å². The second kappa shape index (κ2) is 3.91. The third-order valence-electron chi connectivity index (χ3n) is 3.26. The average molecular weight is 217 g/mol. The van der Waals surface area contributed by atoms with Gasteiger partial charge in [-0.2, -0.15) is 0 Å². The van der Waals surface area contributed by atoms with E-state index in [0.717, 1.165) is 13.0 Å². The lowest BCUT2D eigenvalue weighted by Crippen LogP contribution is -2.29. The number of rotatable bonds is 4. The molecule has 16 heavy (non-hydrogen) atoms. The standard InChI is InChI=1S/C13H15NO2/c15-13(14-7-10-8-16-10)12-6-11(12)9-4-2-1-3-5-9/h1-5,10-12H,6-8H2,(H,14,15)/t10-,11-,12+/m1/s1. The molecule has 2 aliphatic rings. The van der Waals surface area contributed by atoms with Crippen molar-refractivity contribution < 1.29 is 9.53 Å². The van der Waals surface area contributed by atoms with E-state index in [-0.39, 0.29) is 17.9 Å². The fourth-order valence-corrected chi connectivity index (χ4v) is 2.08. The van der Waals surface area contributed by atoms with Gasteiger partial charge in [0.15, 0.2) is 0 Å². The summed E-state index contributed by atoms with van der Waals surface area (Å²) in [6.07, 6.45) is 1.26. The van der Waals surface area contributed by atoms with Gasteiger partial charge in [0.25, 0.3) is 0 Å². The highest BCUT2D eigenvalue weighted by Crippen LogP contribution is 2.47. The van der Waals surface area contributed by atoms with E-state index in [2.05, 4.69) is 17.4 Å². The molecule has 3 heteroatoms. The summed E-state index contributed by atoms with van der Waals surface area (Å²) >= 11 is 0. The monoisotopic (exact) mass is 217 g/mol. The van der Waals surface area contributed by atoms with E-state index in [1.807, 2.05) is 18.2 Å². The molecule has 1 N–H and O–H groups in total. The molecule has 1 aliphatic heterocycles. The molecule has 2 fully saturated rings. The number of ether oxygens (including phenoxy) is 1. The summed E-state index contributed by atoms with van der Waals surface area (Å²) in [5.41, 5.74) is 1.28. The maximum atomic E-state index is 11.8. The van der Waals surface area contributed by atoms with E-state index in [9.17, 15) is 4.79 Å². The number of hydrogen-bond acceptors (Lipinski definition) is 2. The van der Waals surface area contributed by atoms with Gasteiger partial charge in [-0.15, -0.1) is 0 Å². The molecule has 3 rings (SSSR count). The van der Waals surface area contributed by atoms with Crippen LogP contribution in [-0.4, -0.2) is 25.2 Å². The molecule has 0 aromatic heterocycles. The number of benzene rings is 1. The van der Waals surface area contributed by atoms with Gasteiger partial charge in [0.05, 0.1) is 12.7 Å². The third-order valence-corrected chi connectivity index (χ3v) is 3.26. The molecule has 0 unspecified atom stereocenters. The van der Waals surface area contributed by atoms with Crippen molar-refractivity contribution in [3.63, 3.8) is 0 Å². The zero-order valence-electron chi connectivity index (χ0n) is 9.06. The van der Waals surface area contributed by atoms with E-state index >= 15 is 0 Å². The Hall–Kier alpha value is -1.35. The molecule has 1 saturated heterocycles. The fourth-order valence-electron chi connectivity index (χ4n) is 2.08. The Kier molecular flexibility index (Phi) is 2.40. The molecule has 1 aromatic carbocycles. The Morgan fingerprint density at radius 1 is 1.38 bits per heavy atom. The van der Waals surface area contributed by atoms with Crippen molar-refractivity contribution in [3.05, 3.63) is 35.9 Å². The molecule has 0 spiro atoms. The second-order valence-electron chi connectivity index (χ2n) is 4.56. The summed E-state index contributed by atoms with van der Waals surface area (Å²) in [6.45, 7) is 1.48. The van der Waals surface area contributed by atoms with Crippen LogP contribution in [-0.2, 0) is 9.53 Å². The Labute approximate surface area is 94.8 Å². The van der Waals surface area contributed by atoms with Crippen LogP contribution in [0.3, 0.4) is 0 Å². The van der Waals surface area contributed by atoms with Crippen LogP contribution in [0.25, 0.3) is 0 Å². The summed E-state index contributed by atoms with van der Waals surface area (Å²) in [5, 5.41) is 2.94. The van der Waals surface area contributed by atoms with Crippen LogP contribution in [0.4, 0.5) is 0 Å². The maximum absolute atomic E-state index is 11.8. The van der Waals surface area contributed by atoms with E-state index in [1.165, 1.54) is 5.56 Å². The maximum Gasteiger partial charge on any atom is 0.223 e. The molecular formula is C13H15NO2. The van der Waals surface area contributed by atoms with Crippen LogP contribution in [0.5, 0.6) is 0 Å². The zero-order valence-corrected chi connectivity index (χ0v) is 9.06. The van der Waals surface area contributed by atoms with Gasteiger partial charge in [0, 0.05) is 12.5 Å². The lowest BCUT2D eigenvalue weighted by Gasteiger charge is -2.02. The van der Waals surface area contributed by atoms with Crippen LogP contribution < -0.4 is 5.32 Å². The van der Waals surface area contributed by atoms with Crippen LogP contribution >= 0.6 is 0 Å². The van der Waals surface area contributed by atoms with Crippen LogP contribution in [0.2, 0.25) is 0 Å². The van der Waals surface area contributed by atoms with Gasteiger partial charge in [0.2, 0.25) is 5.91 Å². The highest BCUT2D eigenvalue weighted by molar-refractivity contribution is 5.82. The van der Waals surface area contributed by atoms with Crippen molar-refractivity contribution in [1.29, 1.82) is 0 Å². The Morgan fingerprint density at radius 2 is 2.12 bits per heavy atom. The lowest BCUT2D eigenvalue weighted by atomic mass is 10.1. The fraction of sp³-hybridized carbons (Fsp3) is 0.462. The van der Waals surface area contributed by atoms with Gasteiger partial charge in [-0.25, -0.2) is 0 Å². The first-order valence-electron chi connectivity index (χ1n) is 5.79. The van der Waals surface area contributed by atoms with E-state index in [1.54, 1.807) is 0 Å². The second-order valence-corrected chi connectivity index (χ2v) is 4.56. The average Bonchev–Trinajstić information content (AvgIpc) is 3.19. The summed E-state index contributed by atoms with van der Waals surface area (Å²) in [6, 6.07) is 10.3. The highest BCUT2D eigenvalue weighted by atomic mass is 16.6. The van der Waals surface area contributed by atoms with E-state index in [0.29, 0.717) is 12.5 Å². The minimum Gasteiger partial charge on any atom is -0.371 e. The molecule has 1 amide bonds. The molecular weight excluding hydrogens is 202 g/mol. The highest BCUT2D eigenvalue weighted by Gasteiger charge is 2.44. The normalized spacial score (nSPS) is 30.9. The van der Waals surface area contributed by atoms with E-state index in [4.69, 9.17) is 4.74 Å². The molecule has 0 radical (unpaired) electrons. The van der Waals surface area contributed by atoms with Crippen molar-refractivity contribution in [2.24, 2.45) is 5.92 Å². The van der Waals surface area contributed by atoms with Crippen molar-refractivity contribution in [1.82, 2.24) is 5.32 Å². The molecule has 1 saturated carbocycles. The van der Waals surface area contributed by atoms with Gasteiger partial charge in [-0.05, 0) is 17.9 Å². The summed E-state index contributed by atoms with van der Waals surface area (Å²) in [4.78, 5) is 11.8. The van der Waals surface area contributed by atoms with Crippen molar-refractivity contribution in [2.45, 2.75) is 18.4 Å². The minimum absolute atomic E-state index is 0.182. The summed E-state index contributed by atoms with van der Waals surface area (Å²) in [5.74, 6) is 0.798. The number of amides is 1. The lowest BCUT2D eigenvalue weighted by molar-refractivity contribution is -0.122. The molecule has 3 atom stereocenters. The molecule has 1 heterocycles. The first kappa shape index (κ1) is 9.85. The molecule has 3 nitrogen and oxygen atoms in total. The summed E-state index contributed by atoms with van der Waals surface area (Å²) in [7, 11) is 0. The zero-order chi connectivity index (χ0) is 11.0. The van der Waals surface area contributed by atoms with Crippen LogP contribution in [0.15, 0.2) is 30.3 Å². The van der Waals surface area contributed by atoms with Crippen molar-refractivity contribution in [2.75, 3.05) is 13.2 Å². The number of carbonyl (C=O) groups excluding carboxylic acids is 1. The quantitative estimate of drug-likeness (QED) is 0.772. The predicted octanol–water partition coefficient (Wildman–Crippen LogP) is 1.31. The molecule has 0 bridgehead atoms. The van der Waals surface area contributed by atoms with Gasteiger partial charge in [-0.1, -0.05) is 30.3 Å². The summed E-state index contributed by atoms with van der Waals surface area (Å²) < 4.78 is 5.06. The van der Waals surface area contributed by atoms with Gasteiger partial charge < -0.3 is 10.1 Å². The number of nitrogens with one attached hydrogen (secondary N) is 1. The third kappa shape index (κ3) is 2.09. The van der Waals surface area contributed by atoms with Crippen molar-refractivity contribution in [3.8, 4) is 0 Å². The first-order chi connectivity index (χ1) is 7.84. The number of hydrogen-bond donors (Lipinski definition) is 1. The minimum atomic E-state index is 0.182. The molecule has 1 aromatic rings. The first-order valence-corrected chi connectivity index (χ1v) is 5.79. The molecule has 1 aliphatic carbocycles. The largest absolute Gasteiger partial charge is 0.371 e. The van der Waals surface area contributed by atoms with Gasteiger partial charge in [-0.3, -0.25) is 4.79 Å². The SMILES string of the molecule is O=C(NC[C@@H]1CO1)[C@H]1C[C@@H]1c1ccccc1.